The van der Waals surface area contributed by atoms with Gasteiger partial charge in [0.2, 0.25) is 0 Å². The van der Waals surface area contributed by atoms with Crippen molar-refractivity contribution in [3.63, 3.8) is 0 Å². The Hall–Kier alpha value is -4.18. The number of nitriles is 2. The van der Waals surface area contributed by atoms with Gasteiger partial charge in [-0.15, -0.1) is 11.3 Å². The molecular formula is C35H45ClFN11O2S. The van der Waals surface area contributed by atoms with Crippen molar-refractivity contribution in [2.45, 2.75) is 69.0 Å². The summed E-state index contributed by atoms with van der Waals surface area (Å²) in [7, 11) is 4.68. The zero-order valence-electron chi connectivity index (χ0n) is 29.4. The predicted octanol–water partition coefficient (Wildman–Crippen LogP) is 3.70. The van der Waals surface area contributed by atoms with Crippen LogP contribution in [0.3, 0.4) is 0 Å². The molecular weight excluding hydrogens is 693 g/mol. The van der Waals surface area contributed by atoms with Gasteiger partial charge >= 0.3 is 6.01 Å². The van der Waals surface area contributed by atoms with Crippen LogP contribution in [0.4, 0.5) is 21.0 Å². The second-order valence-electron chi connectivity index (χ2n) is 14.1. The molecule has 16 heteroatoms. The van der Waals surface area contributed by atoms with Gasteiger partial charge in [-0.3, -0.25) is 14.7 Å². The number of likely N-dealkylation sites (N-methyl/N-ethyl adjacent to an activating group) is 1. The largest absolute Gasteiger partial charge is 0.467 e. The number of fused-ring (bicyclic) bond motifs is 3. The van der Waals surface area contributed by atoms with E-state index in [4.69, 9.17) is 27.8 Å². The molecule has 6 heterocycles. The molecule has 4 aliphatic heterocycles. The van der Waals surface area contributed by atoms with Gasteiger partial charge in [0.15, 0.2) is 11.6 Å². The van der Waals surface area contributed by atoms with Crippen LogP contribution in [0.25, 0.3) is 0 Å². The maximum atomic E-state index is 12.6. The first-order valence-electron chi connectivity index (χ1n) is 17.5. The number of thiophene rings is 1. The number of halogens is 2. The number of carbonyl (C=O) groups excluding carboxylic acids is 1. The molecule has 5 aliphatic rings. The van der Waals surface area contributed by atoms with Crippen molar-refractivity contribution >= 4 is 51.2 Å². The Morgan fingerprint density at radius 1 is 1.10 bits per heavy atom. The summed E-state index contributed by atoms with van der Waals surface area (Å²) in [6.07, 6.45) is 7.44. The van der Waals surface area contributed by atoms with E-state index in [-0.39, 0.29) is 28.7 Å². The van der Waals surface area contributed by atoms with Gasteiger partial charge in [-0.25, -0.2) is 4.39 Å². The van der Waals surface area contributed by atoms with E-state index < -0.39 is 12.1 Å². The zero-order valence-corrected chi connectivity index (χ0v) is 31.0. The predicted molar refractivity (Wildman–Crippen MR) is 197 cm³/mol. The van der Waals surface area contributed by atoms with Crippen molar-refractivity contribution < 1.29 is 13.9 Å². The minimum atomic E-state index is -0.518. The SMILES string of the molecule is COc1nc(N2CCCN=C(/C(Cl)=C(\N)C(=O)N(C)C)C2)c(C#N)c(N2CC3(CCCCc4sc(N)c(C#N)c43)C2)n1.FC1CC2CCCN2C1. The van der Waals surface area contributed by atoms with Crippen LogP contribution in [0.1, 0.15) is 66.5 Å². The number of nitrogens with zero attached hydrogens (tertiary/aromatic N) is 9. The molecule has 1 spiro atoms. The number of anilines is 3. The summed E-state index contributed by atoms with van der Waals surface area (Å²) in [5.74, 6) is 0.461. The van der Waals surface area contributed by atoms with Crippen LogP contribution in [0.2, 0.25) is 0 Å². The average Bonchev–Trinajstić information content (AvgIpc) is 3.66. The summed E-state index contributed by atoms with van der Waals surface area (Å²) in [4.78, 5) is 35.0. The fraction of sp³-hybridized carbons (Fsp3) is 0.600. The number of rotatable bonds is 5. The van der Waals surface area contributed by atoms with Crippen molar-refractivity contribution in [1.82, 2.24) is 19.8 Å². The number of alkyl halides is 1. The molecule has 2 atom stereocenters. The lowest BCUT2D eigenvalue weighted by atomic mass is 9.70. The number of amides is 1. The number of methoxy groups -OCH3 is 1. The van der Waals surface area contributed by atoms with Gasteiger partial charge in [-0.1, -0.05) is 18.0 Å². The quantitative estimate of drug-likeness (QED) is 0.428. The molecule has 51 heavy (non-hydrogen) atoms. The molecule has 3 fully saturated rings. The molecule has 2 aromatic heterocycles. The zero-order chi connectivity index (χ0) is 36.4. The Bertz CT molecular complexity index is 1800. The smallest absolute Gasteiger partial charge is 0.320 e. The summed E-state index contributed by atoms with van der Waals surface area (Å²) >= 11 is 8.09. The van der Waals surface area contributed by atoms with Crippen molar-refractivity contribution in [2.75, 3.05) is 82.6 Å². The van der Waals surface area contributed by atoms with Crippen molar-refractivity contribution in [2.24, 2.45) is 10.7 Å². The van der Waals surface area contributed by atoms with Crippen LogP contribution in [-0.4, -0.2) is 111 Å². The van der Waals surface area contributed by atoms with Gasteiger partial charge in [0.25, 0.3) is 5.91 Å². The topological polar surface area (TPSA) is 177 Å². The van der Waals surface area contributed by atoms with Gasteiger partial charge in [0.05, 0.1) is 30.0 Å². The van der Waals surface area contributed by atoms with Gasteiger partial charge in [-0.2, -0.15) is 20.5 Å². The summed E-state index contributed by atoms with van der Waals surface area (Å²) in [5, 5.41) is 21.0. The molecule has 2 unspecified atom stereocenters. The average molecular weight is 738 g/mol. The van der Waals surface area contributed by atoms with E-state index in [1.165, 1.54) is 41.1 Å². The summed E-state index contributed by atoms with van der Waals surface area (Å²) in [6, 6.07) is 5.41. The number of hydrogen-bond acceptors (Lipinski definition) is 13. The highest BCUT2D eigenvalue weighted by Gasteiger charge is 2.50. The normalized spacial score (nSPS) is 22.8. The molecule has 13 nitrogen and oxygen atoms in total. The summed E-state index contributed by atoms with van der Waals surface area (Å²) in [5.41, 5.74) is 14.4. The lowest BCUT2D eigenvalue weighted by Gasteiger charge is -2.51. The van der Waals surface area contributed by atoms with Gasteiger partial charge < -0.3 is 30.9 Å². The van der Waals surface area contributed by atoms with Crippen LogP contribution in [-0.2, 0) is 16.6 Å². The third kappa shape index (κ3) is 7.16. The van der Waals surface area contributed by atoms with E-state index in [9.17, 15) is 19.7 Å². The maximum Gasteiger partial charge on any atom is 0.320 e. The second kappa shape index (κ2) is 15.2. The molecule has 0 saturated carbocycles. The molecule has 3 saturated heterocycles. The highest BCUT2D eigenvalue weighted by molar-refractivity contribution is 7.16. The summed E-state index contributed by atoms with van der Waals surface area (Å²) < 4.78 is 18.1. The van der Waals surface area contributed by atoms with Crippen LogP contribution < -0.4 is 26.0 Å². The van der Waals surface area contributed by atoms with Gasteiger partial charge in [0.1, 0.15) is 34.6 Å². The first-order chi connectivity index (χ1) is 24.5. The number of aryl methyl sites for hydroxylation is 1. The Morgan fingerprint density at radius 3 is 2.49 bits per heavy atom. The van der Waals surface area contributed by atoms with E-state index in [1.807, 2.05) is 4.90 Å². The molecule has 4 N–H and O–H groups in total. The summed E-state index contributed by atoms with van der Waals surface area (Å²) in [6.45, 7) is 4.27. The number of carbonyl (C=O) groups is 1. The lowest BCUT2D eigenvalue weighted by molar-refractivity contribution is -0.124. The molecule has 7 rings (SSSR count). The first kappa shape index (κ1) is 36.6. The fourth-order valence-corrected chi connectivity index (χ4v) is 9.44. The number of ether oxygens (including phenoxy) is 1. The maximum absolute atomic E-state index is 12.6. The van der Waals surface area contributed by atoms with Crippen molar-refractivity contribution in [3.05, 3.63) is 32.3 Å². The first-order valence-corrected chi connectivity index (χ1v) is 18.7. The number of hydrogen-bond donors (Lipinski definition) is 2. The van der Waals surface area contributed by atoms with Gasteiger partial charge in [-0.05, 0) is 57.1 Å². The molecule has 0 aromatic carbocycles. The van der Waals surface area contributed by atoms with E-state index in [1.54, 1.807) is 14.1 Å². The van der Waals surface area contributed by atoms with Crippen LogP contribution in [0.5, 0.6) is 6.01 Å². The number of nitrogens with two attached hydrogens (primary N) is 2. The van der Waals surface area contributed by atoms with E-state index in [0.717, 1.165) is 44.2 Å². The van der Waals surface area contributed by atoms with Crippen LogP contribution in [0, 0.1) is 22.7 Å². The van der Waals surface area contributed by atoms with Crippen molar-refractivity contribution in [3.8, 4) is 18.1 Å². The molecule has 1 amide bonds. The number of aromatic nitrogens is 2. The molecule has 2 aromatic rings. The van der Waals surface area contributed by atoms with Crippen molar-refractivity contribution in [1.29, 1.82) is 10.5 Å². The third-order valence-corrected chi connectivity index (χ3v) is 12.0. The molecule has 0 bridgehead atoms. The highest BCUT2D eigenvalue weighted by Crippen LogP contribution is 2.50. The highest BCUT2D eigenvalue weighted by atomic mass is 35.5. The molecule has 0 radical (unpaired) electrons. The van der Waals surface area contributed by atoms with E-state index in [2.05, 4.69) is 36.9 Å². The minimum Gasteiger partial charge on any atom is -0.467 e. The van der Waals surface area contributed by atoms with Gasteiger partial charge in [0, 0.05) is 63.2 Å². The minimum absolute atomic E-state index is 0.0811. The lowest BCUT2D eigenvalue weighted by Crippen LogP contribution is -2.60. The number of nitrogen functional groups attached to an aromatic ring is 1. The Morgan fingerprint density at radius 2 is 1.82 bits per heavy atom. The fourth-order valence-electron chi connectivity index (χ4n) is 8.06. The third-order valence-electron chi connectivity index (χ3n) is 10.5. The Balaban J connectivity index is 0.000000428. The molecule has 272 valence electrons. The standard InChI is InChI=1S/C28H33ClN10O2S.C7H12FN/c1-37(2)26(40)22(32)21(29)18-13-38(10-6-9-34-18)24-17(12-31)25(36-27(35-24)41-3)39-14-28(15-39)8-5-4-7-19-20(28)16(11-30)23(33)42-19;8-6-4-7-2-1-3-9(7)5-6/h4-10,13-15,32-33H2,1-3H3;6-7H,1-5H2/b22-21+;. The van der Waals surface area contributed by atoms with Crippen LogP contribution in [0.15, 0.2) is 15.7 Å². The number of aliphatic imine (C=N–C) groups is 1. The van der Waals surface area contributed by atoms with E-state index >= 15 is 0 Å². The Kier molecular flexibility index (Phi) is 10.9. The second-order valence-corrected chi connectivity index (χ2v) is 15.6. The van der Waals surface area contributed by atoms with E-state index in [0.29, 0.717) is 78.7 Å². The van der Waals surface area contributed by atoms with Crippen LogP contribution >= 0.6 is 22.9 Å². The Labute approximate surface area is 307 Å². The molecule has 1 aliphatic carbocycles. The monoisotopic (exact) mass is 737 g/mol.